The lowest BCUT2D eigenvalue weighted by Crippen LogP contribution is -2.11. The number of amides is 1. The smallest absolute Gasteiger partial charge is 0.255 e. The van der Waals surface area contributed by atoms with Gasteiger partial charge in [-0.25, -0.2) is 4.39 Å². The van der Waals surface area contributed by atoms with Crippen LogP contribution in [0, 0.1) is 5.82 Å². The Morgan fingerprint density at radius 1 is 0.727 bits per heavy atom. The van der Waals surface area contributed by atoms with E-state index >= 15 is 0 Å². The molecule has 0 fully saturated rings. The summed E-state index contributed by atoms with van der Waals surface area (Å²) in [6.07, 6.45) is 0. The van der Waals surface area contributed by atoms with Crippen molar-refractivity contribution in [1.29, 1.82) is 0 Å². The highest BCUT2D eigenvalue weighted by Crippen LogP contribution is 2.21. The van der Waals surface area contributed by atoms with E-state index in [0.29, 0.717) is 11.3 Å². The average Bonchev–Trinajstić information content (AvgIpc) is 2.57. The van der Waals surface area contributed by atoms with Gasteiger partial charge in [0.05, 0.1) is 0 Å². The third-order valence-corrected chi connectivity index (χ3v) is 3.36. The quantitative estimate of drug-likeness (QED) is 0.741. The first kappa shape index (κ1) is 14.0. The molecule has 3 heteroatoms. The van der Waals surface area contributed by atoms with Crippen LogP contribution in [-0.2, 0) is 0 Å². The molecular weight excluding hydrogens is 277 g/mol. The highest BCUT2D eigenvalue weighted by Gasteiger charge is 2.06. The standard InChI is InChI=1S/C19H14FNO/c20-17-10-6-16(7-11-17)19(22)21-18-12-8-15(9-13-18)14-4-2-1-3-5-14/h1-13H,(H,21,22). The largest absolute Gasteiger partial charge is 0.322 e. The second-order valence-electron chi connectivity index (χ2n) is 4.90. The lowest BCUT2D eigenvalue weighted by molar-refractivity contribution is 0.102. The van der Waals surface area contributed by atoms with Gasteiger partial charge in [0.25, 0.3) is 5.91 Å². The molecule has 0 unspecified atom stereocenters. The van der Waals surface area contributed by atoms with Gasteiger partial charge >= 0.3 is 0 Å². The lowest BCUT2D eigenvalue weighted by Gasteiger charge is -2.07. The first-order chi connectivity index (χ1) is 10.7. The SMILES string of the molecule is O=C(Nc1ccc(-c2ccccc2)cc1)c1ccc(F)cc1. The van der Waals surface area contributed by atoms with Crippen LogP contribution in [0.4, 0.5) is 10.1 Å². The number of anilines is 1. The van der Waals surface area contributed by atoms with E-state index < -0.39 is 0 Å². The van der Waals surface area contributed by atoms with E-state index in [9.17, 15) is 9.18 Å². The van der Waals surface area contributed by atoms with E-state index in [1.807, 2.05) is 54.6 Å². The molecule has 0 heterocycles. The van der Waals surface area contributed by atoms with Crippen LogP contribution in [-0.4, -0.2) is 5.91 Å². The van der Waals surface area contributed by atoms with Gasteiger partial charge in [0.1, 0.15) is 5.82 Å². The summed E-state index contributed by atoms with van der Waals surface area (Å²) in [5.74, 6) is -0.615. The molecule has 3 rings (SSSR count). The van der Waals surface area contributed by atoms with Crippen molar-refractivity contribution in [3.8, 4) is 11.1 Å². The fourth-order valence-corrected chi connectivity index (χ4v) is 2.18. The monoisotopic (exact) mass is 291 g/mol. The van der Waals surface area contributed by atoms with E-state index in [1.54, 1.807) is 0 Å². The second kappa shape index (κ2) is 6.22. The summed E-state index contributed by atoms with van der Waals surface area (Å²) in [5.41, 5.74) is 3.34. The molecular formula is C19H14FNO. The number of benzene rings is 3. The summed E-state index contributed by atoms with van der Waals surface area (Å²) in [6, 6.07) is 23.1. The average molecular weight is 291 g/mol. The molecule has 0 atom stereocenters. The predicted molar refractivity (Wildman–Crippen MR) is 86.2 cm³/mol. The van der Waals surface area contributed by atoms with Crippen LogP contribution >= 0.6 is 0 Å². The van der Waals surface area contributed by atoms with E-state index in [0.717, 1.165) is 11.1 Å². The molecule has 108 valence electrons. The number of hydrogen-bond acceptors (Lipinski definition) is 1. The van der Waals surface area contributed by atoms with Crippen molar-refractivity contribution in [2.45, 2.75) is 0 Å². The molecule has 0 saturated carbocycles. The molecule has 1 amide bonds. The molecule has 0 bridgehead atoms. The molecule has 0 radical (unpaired) electrons. The maximum atomic E-state index is 12.9. The van der Waals surface area contributed by atoms with Crippen LogP contribution in [0.1, 0.15) is 10.4 Å². The number of hydrogen-bond donors (Lipinski definition) is 1. The van der Waals surface area contributed by atoms with Gasteiger partial charge in [-0.05, 0) is 47.5 Å². The fourth-order valence-electron chi connectivity index (χ4n) is 2.18. The molecule has 2 nitrogen and oxygen atoms in total. The normalized spacial score (nSPS) is 10.2. The number of rotatable bonds is 3. The zero-order chi connectivity index (χ0) is 15.4. The third kappa shape index (κ3) is 3.20. The van der Waals surface area contributed by atoms with Crippen molar-refractivity contribution in [2.24, 2.45) is 0 Å². The summed E-state index contributed by atoms with van der Waals surface area (Å²) in [6.45, 7) is 0. The Labute approximate surface area is 128 Å². The summed E-state index contributed by atoms with van der Waals surface area (Å²) in [4.78, 5) is 12.0. The Morgan fingerprint density at radius 2 is 1.32 bits per heavy atom. The topological polar surface area (TPSA) is 29.1 Å². The molecule has 22 heavy (non-hydrogen) atoms. The van der Waals surface area contributed by atoms with Crippen molar-refractivity contribution < 1.29 is 9.18 Å². The van der Waals surface area contributed by atoms with Gasteiger partial charge < -0.3 is 5.32 Å². The Balaban J connectivity index is 1.73. The summed E-state index contributed by atoms with van der Waals surface area (Å²) in [7, 11) is 0. The van der Waals surface area contributed by atoms with Crippen LogP contribution in [0.5, 0.6) is 0 Å². The molecule has 0 aliphatic rings. The first-order valence-electron chi connectivity index (χ1n) is 6.95. The Bertz CT molecular complexity index is 765. The zero-order valence-electron chi connectivity index (χ0n) is 11.8. The minimum absolute atomic E-state index is 0.257. The first-order valence-corrected chi connectivity index (χ1v) is 6.95. The molecule has 0 aliphatic carbocycles. The van der Waals surface area contributed by atoms with E-state index in [-0.39, 0.29) is 11.7 Å². The van der Waals surface area contributed by atoms with Crippen LogP contribution < -0.4 is 5.32 Å². The predicted octanol–water partition coefficient (Wildman–Crippen LogP) is 4.75. The summed E-state index contributed by atoms with van der Waals surface area (Å²) < 4.78 is 12.9. The molecule has 3 aromatic carbocycles. The van der Waals surface area contributed by atoms with Crippen LogP contribution in [0.15, 0.2) is 78.9 Å². The lowest BCUT2D eigenvalue weighted by atomic mass is 10.1. The van der Waals surface area contributed by atoms with E-state index in [2.05, 4.69) is 5.32 Å². The van der Waals surface area contributed by atoms with Crippen molar-refractivity contribution in [2.75, 3.05) is 5.32 Å². The van der Waals surface area contributed by atoms with Gasteiger partial charge in [0, 0.05) is 11.3 Å². The van der Waals surface area contributed by atoms with Gasteiger partial charge in [-0.3, -0.25) is 4.79 Å². The highest BCUT2D eigenvalue weighted by molar-refractivity contribution is 6.04. The fraction of sp³-hybridized carbons (Fsp3) is 0. The van der Waals surface area contributed by atoms with Crippen molar-refractivity contribution in [3.05, 3.63) is 90.2 Å². The minimum Gasteiger partial charge on any atom is -0.322 e. The molecule has 1 N–H and O–H groups in total. The third-order valence-electron chi connectivity index (χ3n) is 3.36. The van der Waals surface area contributed by atoms with E-state index in [1.165, 1.54) is 24.3 Å². The molecule has 3 aromatic rings. The number of carbonyl (C=O) groups is 1. The highest BCUT2D eigenvalue weighted by atomic mass is 19.1. The minimum atomic E-state index is -0.358. The van der Waals surface area contributed by atoms with Crippen LogP contribution in [0.3, 0.4) is 0 Å². The van der Waals surface area contributed by atoms with Gasteiger partial charge in [-0.15, -0.1) is 0 Å². The number of nitrogens with one attached hydrogen (secondary N) is 1. The number of carbonyl (C=O) groups excluding carboxylic acids is 1. The van der Waals surface area contributed by atoms with Gasteiger partial charge in [-0.2, -0.15) is 0 Å². The van der Waals surface area contributed by atoms with Crippen LogP contribution in [0.2, 0.25) is 0 Å². The maximum Gasteiger partial charge on any atom is 0.255 e. The summed E-state index contributed by atoms with van der Waals surface area (Å²) >= 11 is 0. The number of halogens is 1. The molecule has 0 saturated heterocycles. The zero-order valence-corrected chi connectivity index (χ0v) is 11.8. The van der Waals surface area contributed by atoms with Crippen molar-refractivity contribution >= 4 is 11.6 Å². The molecule has 0 aliphatic heterocycles. The van der Waals surface area contributed by atoms with Gasteiger partial charge in [-0.1, -0.05) is 42.5 Å². The van der Waals surface area contributed by atoms with Gasteiger partial charge in [0.2, 0.25) is 0 Å². The van der Waals surface area contributed by atoms with Crippen LogP contribution in [0.25, 0.3) is 11.1 Å². The van der Waals surface area contributed by atoms with Crippen molar-refractivity contribution in [3.63, 3.8) is 0 Å². The Hall–Kier alpha value is -2.94. The Kier molecular flexibility index (Phi) is 3.97. The Morgan fingerprint density at radius 3 is 1.95 bits per heavy atom. The van der Waals surface area contributed by atoms with E-state index in [4.69, 9.17) is 0 Å². The second-order valence-corrected chi connectivity index (χ2v) is 4.90. The maximum absolute atomic E-state index is 12.9. The molecule has 0 spiro atoms. The van der Waals surface area contributed by atoms with Gasteiger partial charge in [0.15, 0.2) is 0 Å². The molecule has 0 aromatic heterocycles. The summed E-state index contributed by atoms with van der Waals surface area (Å²) in [5, 5.41) is 2.79. The van der Waals surface area contributed by atoms with Crippen molar-refractivity contribution in [1.82, 2.24) is 0 Å².